The van der Waals surface area contributed by atoms with E-state index in [-0.39, 0.29) is 6.10 Å². The van der Waals surface area contributed by atoms with Crippen molar-refractivity contribution >= 4 is 0 Å². The maximum atomic E-state index is 5.80. The molecule has 0 saturated carbocycles. The first-order chi connectivity index (χ1) is 7.37. The predicted molar refractivity (Wildman–Crippen MR) is 61.6 cm³/mol. The summed E-state index contributed by atoms with van der Waals surface area (Å²) in [6, 6.07) is 0. The molecule has 0 bridgehead atoms. The zero-order valence-corrected chi connectivity index (χ0v) is 10.2. The summed E-state index contributed by atoms with van der Waals surface area (Å²) >= 11 is 0. The quantitative estimate of drug-likeness (QED) is 0.819. The highest BCUT2D eigenvalue weighted by atomic mass is 16.5. The molecular formula is C11H19N3O2. The molecule has 1 aromatic rings. The van der Waals surface area contributed by atoms with E-state index in [1.165, 1.54) is 0 Å². The monoisotopic (exact) mass is 225 g/mol. The van der Waals surface area contributed by atoms with Crippen LogP contribution in [0.3, 0.4) is 0 Å². The molecule has 0 aliphatic heterocycles. The maximum Gasteiger partial charge on any atom is 0.235 e. The molecule has 0 radical (unpaired) electrons. The lowest BCUT2D eigenvalue weighted by Crippen LogP contribution is -2.38. The van der Waals surface area contributed by atoms with Crippen molar-refractivity contribution in [1.29, 1.82) is 0 Å². The minimum atomic E-state index is -0.392. The van der Waals surface area contributed by atoms with E-state index in [0.717, 1.165) is 0 Å². The molecule has 0 atom stereocenters. The number of hydrogen-bond acceptors (Lipinski definition) is 5. The summed E-state index contributed by atoms with van der Waals surface area (Å²) in [4.78, 5) is 8.14. The summed E-state index contributed by atoms with van der Waals surface area (Å²) in [6.07, 6.45) is 3.16. The topological polar surface area (TPSA) is 70.3 Å². The summed E-state index contributed by atoms with van der Waals surface area (Å²) in [5, 5.41) is 0. The molecule has 5 heteroatoms. The average molecular weight is 225 g/mol. The lowest BCUT2D eigenvalue weighted by molar-refractivity contribution is 0.212. The van der Waals surface area contributed by atoms with Gasteiger partial charge in [-0.2, -0.15) is 4.98 Å². The number of nitrogens with zero attached hydrogens (tertiary/aromatic N) is 2. The first-order valence-corrected chi connectivity index (χ1v) is 5.27. The van der Waals surface area contributed by atoms with Crippen molar-refractivity contribution < 1.29 is 9.47 Å². The van der Waals surface area contributed by atoms with Crippen LogP contribution >= 0.6 is 0 Å². The number of aromatic nitrogens is 2. The molecule has 1 rings (SSSR count). The van der Waals surface area contributed by atoms with Crippen LogP contribution in [0.5, 0.6) is 11.8 Å². The van der Waals surface area contributed by atoms with Gasteiger partial charge in [0, 0.05) is 5.54 Å². The van der Waals surface area contributed by atoms with Gasteiger partial charge in [0.05, 0.1) is 18.5 Å². The van der Waals surface area contributed by atoms with Crippen molar-refractivity contribution in [2.75, 3.05) is 6.61 Å². The smallest absolute Gasteiger partial charge is 0.235 e. The van der Waals surface area contributed by atoms with Crippen LogP contribution in [0.15, 0.2) is 12.4 Å². The molecule has 2 N–H and O–H groups in total. The van der Waals surface area contributed by atoms with Crippen LogP contribution in [0.1, 0.15) is 27.7 Å². The second-order valence-electron chi connectivity index (χ2n) is 4.64. The predicted octanol–water partition coefficient (Wildman–Crippen LogP) is 1.38. The third kappa shape index (κ3) is 4.93. The highest BCUT2D eigenvalue weighted by Gasteiger charge is 2.12. The molecule has 90 valence electrons. The van der Waals surface area contributed by atoms with Gasteiger partial charge in [-0.05, 0) is 27.7 Å². The molecule has 1 heterocycles. The summed E-state index contributed by atoms with van der Waals surface area (Å²) in [7, 11) is 0. The van der Waals surface area contributed by atoms with Gasteiger partial charge in [-0.1, -0.05) is 0 Å². The van der Waals surface area contributed by atoms with Crippen molar-refractivity contribution in [2.24, 2.45) is 5.73 Å². The van der Waals surface area contributed by atoms with Crippen LogP contribution in [0.4, 0.5) is 0 Å². The number of hydrogen-bond donors (Lipinski definition) is 1. The number of nitrogens with two attached hydrogens (primary N) is 1. The number of rotatable bonds is 5. The van der Waals surface area contributed by atoms with Crippen LogP contribution in [-0.2, 0) is 0 Å². The molecule has 0 aliphatic rings. The van der Waals surface area contributed by atoms with Crippen molar-refractivity contribution in [1.82, 2.24) is 9.97 Å². The second kappa shape index (κ2) is 5.12. The van der Waals surface area contributed by atoms with E-state index in [0.29, 0.717) is 18.4 Å². The summed E-state index contributed by atoms with van der Waals surface area (Å²) in [5.41, 5.74) is 5.41. The fraction of sp³-hybridized carbons (Fsp3) is 0.636. The van der Waals surface area contributed by atoms with Gasteiger partial charge in [0.25, 0.3) is 0 Å². The van der Waals surface area contributed by atoms with Gasteiger partial charge in [-0.3, -0.25) is 4.98 Å². The highest BCUT2D eigenvalue weighted by molar-refractivity contribution is 5.13. The fourth-order valence-corrected chi connectivity index (χ4v) is 0.959. The Kier molecular flexibility index (Phi) is 4.06. The largest absolute Gasteiger partial charge is 0.475 e. The van der Waals surface area contributed by atoms with Crippen molar-refractivity contribution in [3.8, 4) is 11.8 Å². The van der Waals surface area contributed by atoms with E-state index in [2.05, 4.69) is 9.97 Å². The zero-order chi connectivity index (χ0) is 12.2. The van der Waals surface area contributed by atoms with Gasteiger partial charge < -0.3 is 15.2 Å². The molecule has 0 saturated heterocycles. The third-order valence-corrected chi connectivity index (χ3v) is 1.54. The van der Waals surface area contributed by atoms with Crippen LogP contribution in [0.25, 0.3) is 0 Å². The molecule has 0 aliphatic carbocycles. The highest BCUT2D eigenvalue weighted by Crippen LogP contribution is 2.13. The number of ether oxygens (including phenoxy) is 2. The molecular weight excluding hydrogens is 206 g/mol. The first kappa shape index (κ1) is 12.7. The minimum Gasteiger partial charge on any atom is -0.475 e. The van der Waals surface area contributed by atoms with Crippen molar-refractivity contribution in [3.63, 3.8) is 0 Å². The molecule has 0 amide bonds. The molecule has 0 unspecified atom stereocenters. The van der Waals surface area contributed by atoms with Gasteiger partial charge in [0.2, 0.25) is 11.8 Å². The second-order valence-corrected chi connectivity index (χ2v) is 4.64. The Morgan fingerprint density at radius 2 is 1.94 bits per heavy atom. The van der Waals surface area contributed by atoms with Crippen molar-refractivity contribution in [3.05, 3.63) is 12.4 Å². The lowest BCUT2D eigenvalue weighted by Gasteiger charge is -2.18. The third-order valence-electron chi connectivity index (χ3n) is 1.54. The molecule has 5 nitrogen and oxygen atoms in total. The van der Waals surface area contributed by atoms with E-state index in [9.17, 15) is 0 Å². The summed E-state index contributed by atoms with van der Waals surface area (Å²) in [6.45, 7) is 8.01. The Bertz CT molecular complexity index is 334. The summed E-state index contributed by atoms with van der Waals surface area (Å²) in [5.74, 6) is 0.888. The van der Waals surface area contributed by atoms with Crippen LogP contribution in [-0.4, -0.2) is 28.2 Å². The molecule has 0 spiro atoms. The minimum absolute atomic E-state index is 0.0653. The van der Waals surface area contributed by atoms with E-state index in [1.807, 2.05) is 27.7 Å². The lowest BCUT2D eigenvalue weighted by atomic mass is 10.1. The van der Waals surface area contributed by atoms with E-state index in [1.54, 1.807) is 12.4 Å². The fourth-order valence-electron chi connectivity index (χ4n) is 0.959. The van der Waals surface area contributed by atoms with E-state index in [4.69, 9.17) is 15.2 Å². The maximum absolute atomic E-state index is 5.80. The van der Waals surface area contributed by atoms with Gasteiger partial charge in [0.1, 0.15) is 6.61 Å². The van der Waals surface area contributed by atoms with E-state index < -0.39 is 5.54 Å². The average Bonchev–Trinajstić information content (AvgIpc) is 2.13. The van der Waals surface area contributed by atoms with Crippen molar-refractivity contribution in [2.45, 2.75) is 39.3 Å². The van der Waals surface area contributed by atoms with Gasteiger partial charge in [-0.25, -0.2) is 0 Å². The van der Waals surface area contributed by atoms with Gasteiger partial charge >= 0.3 is 0 Å². The van der Waals surface area contributed by atoms with Gasteiger partial charge in [0.15, 0.2) is 0 Å². The Labute approximate surface area is 96.0 Å². The first-order valence-electron chi connectivity index (χ1n) is 5.27. The van der Waals surface area contributed by atoms with Gasteiger partial charge in [-0.15, -0.1) is 0 Å². The van der Waals surface area contributed by atoms with Crippen LogP contribution in [0.2, 0.25) is 0 Å². The molecule has 1 aromatic heterocycles. The SMILES string of the molecule is CC(C)Oc1cncc(OCC(C)(C)N)n1. The van der Waals surface area contributed by atoms with E-state index >= 15 is 0 Å². The van der Waals surface area contributed by atoms with Crippen LogP contribution < -0.4 is 15.2 Å². The molecule has 16 heavy (non-hydrogen) atoms. The Hall–Kier alpha value is -1.36. The van der Waals surface area contributed by atoms with Crippen LogP contribution in [0, 0.1) is 0 Å². The molecule has 0 aromatic carbocycles. The Morgan fingerprint density at radius 1 is 1.31 bits per heavy atom. The standard InChI is InChI=1S/C11H19N3O2/c1-8(2)16-10-6-13-5-9(14-10)15-7-11(3,4)12/h5-6,8H,7,12H2,1-4H3. The zero-order valence-electron chi connectivity index (χ0n) is 10.2. The summed E-state index contributed by atoms with van der Waals surface area (Å²) < 4.78 is 10.8. The Balaban J connectivity index is 2.60. The Morgan fingerprint density at radius 3 is 2.50 bits per heavy atom. The normalized spacial score (nSPS) is 11.6. The molecule has 0 fully saturated rings.